The third-order valence-electron chi connectivity index (χ3n) is 5.45. The fourth-order valence-electron chi connectivity index (χ4n) is 3.24. The van der Waals surface area contributed by atoms with Gasteiger partial charge in [0.1, 0.15) is 24.2 Å². The van der Waals surface area contributed by atoms with Crippen LogP contribution < -0.4 is 14.4 Å². The zero-order chi connectivity index (χ0) is 25.5. The van der Waals surface area contributed by atoms with Crippen molar-refractivity contribution in [3.63, 3.8) is 0 Å². The average molecular weight is 494 g/mol. The van der Waals surface area contributed by atoms with Gasteiger partial charge in [-0.15, -0.1) is 0 Å². The van der Waals surface area contributed by atoms with Gasteiger partial charge in [-0.05, 0) is 62.2 Å². The summed E-state index contributed by atoms with van der Waals surface area (Å²) >= 11 is 0. The van der Waals surface area contributed by atoms with Gasteiger partial charge in [0.15, 0.2) is 0 Å². The van der Waals surface area contributed by atoms with Crippen LogP contribution in [0, 0.1) is 5.82 Å². The predicted molar refractivity (Wildman–Crippen MR) is 129 cm³/mol. The van der Waals surface area contributed by atoms with Crippen molar-refractivity contribution in [3.05, 3.63) is 59.9 Å². The number of halogens is 1. The van der Waals surface area contributed by atoms with E-state index in [0.29, 0.717) is 17.7 Å². The van der Waals surface area contributed by atoms with Crippen LogP contribution in [0.2, 0.25) is 0 Å². The largest absolute Gasteiger partial charge is 0.497 e. The second kappa shape index (κ2) is 11.8. The topological polar surface area (TPSA) is 96.0 Å². The fourth-order valence-corrected chi connectivity index (χ4v) is 4.09. The predicted octanol–water partition coefficient (Wildman–Crippen LogP) is 2.93. The zero-order valence-corrected chi connectivity index (χ0v) is 20.9. The van der Waals surface area contributed by atoms with Crippen LogP contribution in [-0.2, 0) is 26.2 Å². The summed E-state index contributed by atoms with van der Waals surface area (Å²) in [6, 6.07) is 10.9. The Bertz CT molecular complexity index is 1090. The SMILES string of the molecule is CCC(C)NC(=O)C(C)N(Cc1cccc(OC)c1)C(=O)CN(c1ccc(F)cc1)S(C)(=O)=O. The summed E-state index contributed by atoms with van der Waals surface area (Å²) in [7, 11) is -2.34. The first-order valence-corrected chi connectivity index (χ1v) is 12.8. The Hall–Kier alpha value is -3.14. The highest BCUT2D eigenvalue weighted by molar-refractivity contribution is 7.92. The first-order chi connectivity index (χ1) is 16.0. The molecule has 0 saturated heterocycles. The molecular weight excluding hydrogens is 461 g/mol. The van der Waals surface area contributed by atoms with Gasteiger partial charge < -0.3 is 15.0 Å². The smallest absolute Gasteiger partial charge is 0.244 e. The molecule has 1 N–H and O–H groups in total. The Labute approximate surface area is 200 Å². The molecule has 0 aromatic heterocycles. The molecule has 0 fully saturated rings. The molecule has 2 amide bonds. The van der Waals surface area contributed by atoms with Gasteiger partial charge in [0, 0.05) is 12.6 Å². The Morgan fingerprint density at radius 1 is 1.12 bits per heavy atom. The summed E-state index contributed by atoms with van der Waals surface area (Å²) in [5.74, 6) is -0.869. The molecule has 0 heterocycles. The maximum absolute atomic E-state index is 13.4. The van der Waals surface area contributed by atoms with Crippen molar-refractivity contribution in [1.29, 1.82) is 0 Å². The number of carbonyl (C=O) groups excluding carboxylic acids is 2. The van der Waals surface area contributed by atoms with Crippen LogP contribution in [0.15, 0.2) is 48.5 Å². The van der Waals surface area contributed by atoms with Crippen LogP contribution in [0.1, 0.15) is 32.8 Å². The van der Waals surface area contributed by atoms with E-state index < -0.39 is 34.3 Å². The zero-order valence-electron chi connectivity index (χ0n) is 20.1. The molecule has 0 radical (unpaired) electrons. The molecule has 8 nitrogen and oxygen atoms in total. The van der Waals surface area contributed by atoms with Crippen molar-refractivity contribution >= 4 is 27.5 Å². The molecule has 0 aliphatic heterocycles. The summed E-state index contributed by atoms with van der Waals surface area (Å²) in [6.07, 6.45) is 1.68. The van der Waals surface area contributed by atoms with E-state index in [-0.39, 0.29) is 24.2 Å². The van der Waals surface area contributed by atoms with Crippen LogP contribution >= 0.6 is 0 Å². The maximum Gasteiger partial charge on any atom is 0.244 e. The molecule has 2 aromatic carbocycles. The lowest BCUT2D eigenvalue weighted by Crippen LogP contribution is -2.52. The molecule has 10 heteroatoms. The van der Waals surface area contributed by atoms with Gasteiger partial charge in [-0.1, -0.05) is 19.1 Å². The summed E-state index contributed by atoms with van der Waals surface area (Å²) in [5, 5.41) is 2.86. The number of amides is 2. The van der Waals surface area contributed by atoms with Gasteiger partial charge in [-0.3, -0.25) is 13.9 Å². The lowest BCUT2D eigenvalue weighted by molar-refractivity contribution is -0.139. The molecule has 0 aliphatic carbocycles. The molecule has 34 heavy (non-hydrogen) atoms. The Morgan fingerprint density at radius 2 is 1.76 bits per heavy atom. The van der Waals surface area contributed by atoms with Crippen molar-refractivity contribution in [2.45, 2.75) is 45.8 Å². The van der Waals surface area contributed by atoms with E-state index in [1.165, 1.54) is 24.1 Å². The van der Waals surface area contributed by atoms with Gasteiger partial charge in [-0.2, -0.15) is 0 Å². The first kappa shape index (κ1) is 27.1. The molecule has 0 bridgehead atoms. The van der Waals surface area contributed by atoms with Crippen LogP contribution in [0.3, 0.4) is 0 Å². The van der Waals surface area contributed by atoms with E-state index in [2.05, 4.69) is 5.32 Å². The van der Waals surface area contributed by atoms with E-state index in [1.807, 2.05) is 13.8 Å². The van der Waals surface area contributed by atoms with E-state index >= 15 is 0 Å². The normalized spacial score (nSPS) is 13.0. The highest BCUT2D eigenvalue weighted by atomic mass is 32.2. The third-order valence-corrected chi connectivity index (χ3v) is 6.59. The van der Waals surface area contributed by atoms with E-state index in [9.17, 15) is 22.4 Å². The molecule has 0 aliphatic rings. The number of nitrogens with zero attached hydrogens (tertiary/aromatic N) is 2. The number of sulfonamides is 1. The number of anilines is 1. The van der Waals surface area contributed by atoms with Gasteiger partial charge in [0.05, 0.1) is 19.1 Å². The highest BCUT2D eigenvalue weighted by Gasteiger charge is 2.30. The number of hydrogen-bond acceptors (Lipinski definition) is 5. The molecule has 0 saturated carbocycles. The Balaban J connectivity index is 2.39. The van der Waals surface area contributed by atoms with Gasteiger partial charge in [0.2, 0.25) is 21.8 Å². The van der Waals surface area contributed by atoms with Crippen molar-refractivity contribution in [2.75, 3.05) is 24.2 Å². The van der Waals surface area contributed by atoms with E-state index in [0.717, 1.165) is 22.7 Å². The lowest BCUT2D eigenvalue weighted by atomic mass is 10.1. The monoisotopic (exact) mass is 493 g/mol. The summed E-state index contributed by atoms with van der Waals surface area (Å²) in [5.41, 5.74) is 0.860. The quantitative estimate of drug-likeness (QED) is 0.519. The number of nitrogens with one attached hydrogen (secondary N) is 1. The second-order valence-electron chi connectivity index (χ2n) is 8.11. The molecule has 2 aromatic rings. The number of hydrogen-bond donors (Lipinski definition) is 1. The summed E-state index contributed by atoms with van der Waals surface area (Å²) in [6.45, 7) is 4.90. The fraction of sp³-hybridized carbons (Fsp3) is 0.417. The summed E-state index contributed by atoms with van der Waals surface area (Å²) in [4.78, 5) is 27.6. The van der Waals surface area contributed by atoms with Crippen molar-refractivity contribution in [1.82, 2.24) is 10.2 Å². The van der Waals surface area contributed by atoms with Crippen LogP contribution in [0.25, 0.3) is 0 Å². The molecule has 2 unspecified atom stereocenters. The Kier molecular flexibility index (Phi) is 9.43. The average Bonchev–Trinajstić information content (AvgIpc) is 2.80. The van der Waals surface area contributed by atoms with E-state index in [4.69, 9.17) is 4.74 Å². The highest BCUT2D eigenvalue weighted by Crippen LogP contribution is 2.20. The molecule has 2 rings (SSSR count). The molecule has 186 valence electrons. The minimum atomic E-state index is -3.87. The van der Waals surface area contributed by atoms with Crippen LogP contribution in [-0.4, -0.2) is 57.1 Å². The van der Waals surface area contributed by atoms with Crippen molar-refractivity contribution < 1.29 is 27.1 Å². The number of rotatable bonds is 11. The van der Waals surface area contributed by atoms with Gasteiger partial charge in [-0.25, -0.2) is 12.8 Å². The second-order valence-corrected chi connectivity index (χ2v) is 10.0. The third kappa shape index (κ3) is 7.44. The minimum absolute atomic E-state index is 0.0617. The van der Waals surface area contributed by atoms with Gasteiger partial charge >= 0.3 is 0 Å². The maximum atomic E-state index is 13.4. The summed E-state index contributed by atoms with van der Waals surface area (Å²) < 4.78 is 44.5. The van der Waals surface area contributed by atoms with Crippen LogP contribution in [0.5, 0.6) is 5.75 Å². The number of methoxy groups -OCH3 is 1. The molecular formula is C24H32FN3O5S. The van der Waals surface area contributed by atoms with Crippen molar-refractivity contribution in [3.8, 4) is 5.75 Å². The van der Waals surface area contributed by atoms with Gasteiger partial charge in [0.25, 0.3) is 0 Å². The number of benzene rings is 2. The number of ether oxygens (including phenoxy) is 1. The molecule has 0 spiro atoms. The number of carbonyl (C=O) groups is 2. The van der Waals surface area contributed by atoms with Crippen LogP contribution in [0.4, 0.5) is 10.1 Å². The minimum Gasteiger partial charge on any atom is -0.497 e. The first-order valence-electron chi connectivity index (χ1n) is 10.9. The molecule has 2 atom stereocenters. The lowest BCUT2D eigenvalue weighted by Gasteiger charge is -2.32. The van der Waals surface area contributed by atoms with Crippen molar-refractivity contribution in [2.24, 2.45) is 0 Å². The Morgan fingerprint density at radius 3 is 2.32 bits per heavy atom. The standard InChI is InChI=1S/C24H32FN3O5S/c1-6-17(2)26-24(30)18(3)27(15-19-8-7-9-22(14-19)33-4)23(29)16-28(34(5,31)32)21-12-10-20(25)11-13-21/h7-14,17-18H,6,15-16H2,1-5H3,(H,26,30). The van der Waals surface area contributed by atoms with E-state index in [1.54, 1.807) is 31.2 Å².